The van der Waals surface area contributed by atoms with E-state index in [2.05, 4.69) is 25.1 Å². The largest absolute Gasteiger partial charge is 0.494 e. The van der Waals surface area contributed by atoms with E-state index in [1.54, 1.807) is 5.10 Å². The third-order valence-corrected chi connectivity index (χ3v) is 6.03. The molecule has 0 aliphatic carbocycles. The summed E-state index contributed by atoms with van der Waals surface area (Å²) in [5.74, 6) is -0.464. The summed E-state index contributed by atoms with van der Waals surface area (Å²) in [5.41, 5.74) is -4.97. The molecule has 3 heterocycles. The van der Waals surface area contributed by atoms with Crippen LogP contribution >= 0.6 is 0 Å². The summed E-state index contributed by atoms with van der Waals surface area (Å²) >= 11 is 0. The van der Waals surface area contributed by atoms with E-state index in [1.165, 1.54) is 37.8 Å². The van der Waals surface area contributed by atoms with Crippen molar-refractivity contribution < 1.29 is 40.2 Å². The molecule has 0 spiro atoms. The first kappa shape index (κ1) is 30.4. The van der Waals surface area contributed by atoms with Crippen LogP contribution in [0.4, 0.5) is 36.4 Å². The van der Waals surface area contributed by atoms with E-state index in [1.807, 2.05) is 0 Å². The van der Waals surface area contributed by atoms with E-state index in [9.17, 15) is 35.9 Å². The number of benzene rings is 1. The van der Waals surface area contributed by atoms with E-state index in [0.717, 1.165) is 10.6 Å². The minimum atomic E-state index is -5.14. The van der Waals surface area contributed by atoms with Crippen molar-refractivity contribution in [2.45, 2.75) is 38.0 Å². The maximum Gasteiger partial charge on any atom is 0.423 e. The highest BCUT2D eigenvalue weighted by Gasteiger charge is 2.38. The van der Waals surface area contributed by atoms with Gasteiger partial charge in [-0.15, -0.1) is 0 Å². The van der Waals surface area contributed by atoms with Gasteiger partial charge in [-0.05, 0) is 23.6 Å². The van der Waals surface area contributed by atoms with Crippen molar-refractivity contribution >= 4 is 16.5 Å². The molecule has 3 aromatic heterocycles. The molecule has 224 valence electrons. The number of aromatic amines is 1. The topological polar surface area (TPSA) is 124 Å². The molecule has 0 bridgehead atoms. The molecule has 0 unspecified atom stereocenters. The average Bonchev–Trinajstić information content (AvgIpc) is 2.92. The highest BCUT2D eigenvalue weighted by atomic mass is 19.4. The molecule has 2 N–H and O–H groups in total. The van der Waals surface area contributed by atoms with Gasteiger partial charge in [-0.1, -0.05) is 0 Å². The molecule has 0 amide bonds. The monoisotopic (exact) mass is 602 g/mol. The van der Waals surface area contributed by atoms with Gasteiger partial charge in [-0.3, -0.25) is 9.59 Å². The van der Waals surface area contributed by atoms with E-state index in [4.69, 9.17) is 4.74 Å². The quantitative estimate of drug-likeness (QED) is 0.246. The SMILES string of the molecule is COc1cnc(-c2cc3ccn(C[C@H](F)C[C@H](COC(F)F)Nc4cn[nH]c(=O)c4C(F)(F)F)c(=O)c3cc2F)nc1. The normalized spacial score (nSPS) is 13.4. The first-order valence-corrected chi connectivity index (χ1v) is 12.0. The zero-order valence-corrected chi connectivity index (χ0v) is 21.5. The van der Waals surface area contributed by atoms with Gasteiger partial charge in [0.25, 0.3) is 11.1 Å². The number of rotatable bonds is 11. The Labute approximate surface area is 231 Å². The number of pyridine rings is 1. The molecule has 2 atom stereocenters. The smallest absolute Gasteiger partial charge is 0.423 e. The van der Waals surface area contributed by atoms with Gasteiger partial charge in [0.05, 0.1) is 61.5 Å². The Morgan fingerprint density at radius 2 is 1.81 bits per heavy atom. The number of fused-ring (bicyclic) bond motifs is 1. The number of ether oxygens (including phenoxy) is 2. The number of nitrogens with one attached hydrogen (secondary N) is 2. The van der Waals surface area contributed by atoms with E-state index < -0.39 is 72.8 Å². The van der Waals surface area contributed by atoms with Crippen LogP contribution in [0, 0.1) is 5.82 Å². The van der Waals surface area contributed by atoms with Gasteiger partial charge in [-0.2, -0.15) is 27.1 Å². The van der Waals surface area contributed by atoms with Crippen LogP contribution in [0.25, 0.3) is 22.2 Å². The van der Waals surface area contributed by atoms with Gasteiger partial charge in [0.2, 0.25) is 0 Å². The van der Waals surface area contributed by atoms with Crippen molar-refractivity contribution in [3.8, 4) is 17.1 Å². The third kappa shape index (κ3) is 7.02. The second-order valence-corrected chi connectivity index (χ2v) is 8.89. The Morgan fingerprint density at radius 1 is 1.10 bits per heavy atom. The average molecular weight is 602 g/mol. The van der Waals surface area contributed by atoms with Gasteiger partial charge >= 0.3 is 12.8 Å². The predicted octanol–water partition coefficient (Wildman–Crippen LogP) is 4.16. The molecule has 0 saturated heterocycles. The Balaban J connectivity index is 1.56. The molecule has 1 aromatic carbocycles. The number of halogens is 7. The van der Waals surface area contributed by atoms with E-state index in [0.29, 0.717) is 11.9 Å². The minimum absolute atomic E-state index is 0.00826. The minimum Gasteiger partial charge on any atom is -0.494 e. The molecule has 17 heteroatoms. The summed E-state index contributed by atoms with van der Waals surface area (Å²) in [4.78, 5) is 32.7. The van der Waals surface area contributed by atoms with Gasteiger partial charge in [-0.25, -0.2) is 23.8 Å². The van der Waals surface area contributed by atoms with Crippen LogP contribution in [0.1, 0.15) is 12.0 Å². The fourth-order valence-corrected chi connectivity index (χ4v) is 4.14. The highest BCUT2D eigenvalue weighted by Crippen LogP contribution is 2.32. The van der Waals surface area contributed by atoms with Crippen LogP contribution in [0.5, 0.6) is 5.75 Å². The lowest BCUT2D eigenvalue weighted by Crippen LogP contribution is -2.35. The van der Waals surface area contributed by atoms with E-state index in [-0.39, 0.29) is 22.2 Å². The summed E-state index contributed by atoms with van der Waals surface area (Å²) in [6, 6.07) is 2.17. The number of nitrogens with zero attached hydrogens (tertiary/aromatic N) is 4. The van der Waals surface area contributed by atoms with Gasteiger partial charge < -0.3 is 19.4 Å². The fraction of sp³-hybridized carbons (Fsp3) is 0.320. The van der Waals surface area contributed by atoms with Crippen LogP contribution in [-0.4, -0.2) is 57.3 Å². The summed E-state index contributed by atoms with van der Waals surface area (Å²) in [6.07, 6.45) is -3.38. The second kappa shape index (κ2) is 12.5. The lowest BCUT2D eigenvalue weighted by Gasteiger charge is -2.23. The molecule has 0 aliphatic rings. The molecule has 0 aliphatic heterocycles. The standard InChI is InChI=1S/C25H21F7N6O4/c1-41-15-7-33-21(34-8-15)17-4-12-2-3-38(23(40)16(12)6-18(17)27)10-13(26)5-14(11-42-24(28)29)36-19-9-35-37-22(39)20(19)25(30,31)32/h2-4,6-9,13-14,24H,5,10-11H2,1H3,(H2,36,37,39)/t13-,14-/m1/s1. The molecule has 0 saturated carbocycles. The van der Waals surface area contributed by atoms with Crippen molar-refractivity contribution in [3.63, 3.8) is 0 Å². The van der Waals surface area contributed by atoms with Crippen molar-refractivity contribution in [2.75, 3.05) is 19.0 Å². The lowest BCUT2D eigenvalue weighted by atomic mass is 10.1. The van der Waals surface area contributed by atoms with Crippen LogP contribution in [-0.2, 0) is 17.5 Å². The summed E-state index contributed by atoms with van der Waals surface area (Å²) in [7, 11) is 1.41. The molecule has 4 aromatic rings. The van der Waals surface area contributed by atoms with Crippen molar-refractivity contribution in [1.82, 2.24) is 24.7 Å². The third-order valence-electron chi connectivity index (χ3n) is 6.03. The van der Waals surface area contributed by atoms with E-state index >= 15 is 4.39 Å². The first-order valence-electron chi connectivity index (χ1n) is 12.0. The number of aromatic nitrogens is 5. The zero-order chi connectivity index (χ0) is 30.6. The molecule has 4 rings (SSSR count). The maximum absolute atomic E-state index is 15.1. The Kier molecular flexibility index (Phi) is 9.08. The van der Waals surface area contributed by atoms with Crippen LogP contribution < -0.4 is 21.2 Å². The number of H-pyrrole nitrogens is 1. The molecule has 42 heavy (non-hydrogen) atoms. The summed E-state index contributed by atoms with van der Waals surface area (Å²) in [6.45, 7) is -4.93. The van der Waals surface area contributed by atoms with Crippen LogP contribution in [0.15, 0.2) is 52.6 Å². The molecular weight excluding hydrogens is 581 g/mol. The lowest BCUT2D eigenvalue weighted by molar-refractivity contribution is -0.138. The molecule has 0 fully saturated rings. The Morgan fingerprint density at radius 3 is 2.45 bits per heavy atom. The number of hydrogen-bond donors (Lipinski definition) is 2. The van der Waals surface area contributed by atoms with Crippen molar-refractivity contribution in [2.24, 2.45) is 0 Å². The Hall–Kier alpha value is -4.54. The Bertz CT molecular complexity index is 1660. The second-order valence-electron chi connectivity index (χ2n) is 8.89. The summed E-state index contributed by atoms with van der Waals surface area (Å²) in [5, 5.41) is 7.25. The zero-order valence-electron chi connectivity index (χ0n) is 21.5. The first-order chi connectivity index (χ1) is 19.9. The number of methoxy groups -OCH3 is 1. The van der Waals surface area contributed by atoms with Crippen molar-refractivity contribution in [1.29, 1.82) is 0 Å². The number of alkyl halides is 6. The van der Waals surface area contributed by atoms with Crippen LogP contribution in [0.2, 0.25) is 0 Å². The fourth-order valence-electron chi connectivity index (χ4n) is 4.14. The maximum atomic E-state index is 15.1. The van der Waals surface area contributed by atoms with Crippen molar-refractivity contribution in [3.05, 3.63) is 75.1 Å². The summed E-state index contributed by atoms with van der Waals surface area (Å²) < 4.78 is 106. The van der Waals surface area contributed by atoms with Crippen LogP contribution in [0.3, 0.4) is 0 Å². The van der Waals surface area contributed by atoms with Gasteiger partial charge in [0.1, 0.15) is 17.6 Å². The molecule has 0 radical (unpaired) electrons. The van der Waals surface area contributed by atoms with Gasteiger partial charge in [0, 0.05) is 12.6 Å². The highest BCUT2D eigenvalue weighted by molar-refractivity contribution is 5.86. The number of hydrogen-bond acceptors (Lipinski definition) is 8. The number of anilines is 1. The predicted molar refractivity (Wildman–Crippen MR) is 134 cm³/mol. The molecule has 10 nitrogen and oxygen atoms in total. The van der Waals surface area contributed by atoms with Gasteiger partial charge in [0.15, 0.2) is 11.6 Å². The molecular formula is C25H21F7N6O4.